The summed E-state index contributed by atoms with van der Waals surface area (Å²) in [6.45, 7) is 3.68. The molecule has 2 rings (SSSR count). The van der Waals surface area contributed by atoms with Crippen molar-refractivity contribution in [3.8, 4) is 0 Å². The van der Waals surface area contributed by atoms with Crippen LogP contribution in [-0.4, -0.2) is 30.0 Å². The summed E-state index contributed by atoms with van der Waals surface area (Å²) in [5.74, 6) is -1.35. The molecule has 0 aliphatic heterocycles. The molecule has 3 amide bonds. The molecule has 0 unspecified atom stereocenters. The third-order valence-corrected chi connectivity index (χ3v) is 5.17. The van der Waals surface area contributed by atoms with Crippen molar-refractivity contribution in [1.29, 1.82) is 0 Å². The first-order chi connectivity index (χ1) is 14.3. The van der Waals surface area contributed by atoms with E-state index in [1.54, 1.807) is 13.8 Å². The Labute approximate surface area is 189 Å². The van der Waals surface area contributed by atoms with E-state index in [4.69, 9.17) is 10.5 Å². The number of alkyl carbamates (subject to hydrolysis) is 1. The van der Waals surface area contributed by atoms with E-state index >= 15 is 0 Å². The maximum absolute atomic E-state index is 12.8. The van der Waals surface area contributed by atoms with E-state index in [0.29, 0.717) is 0 Å². The molecule has 0 heterocycles. The van der Waals surface area contributed by atoms with Crippen molar-refractivity contribution in [1.82, 2.24) is 10.6 Å². The summed E-state index contributed by atoms with van der Waals surface area (Å²) in [7, 11) is 0. The number of amides is 3. The molecule has 0 aliphatic rings. The molecule has 0 saturated carbocycles. The van der Waals surface area contributed by atoms with E-state index in [-0.39, 0.29) is 18.9 Å². The van der Waals surface area contributed by atoms with Crippen molar-refractivity contribution in [3.63, 3.8) is 0 Å². The van der Waals surface area contributed by atoms with Crippen LogP contribution in [0, 0.1) is 9.49 Å². The third kappa shape index (κ3) is 7.66. The maximum atomic E-state index is 12.8. The summed E-state index contributed by atoms with van der Waals surface area (Å²) in [5.41, 5.74) is 7.19. The number of rotatable bonds is 9. The predicted molar refractivity (Wildman–Crippen MR) is 122 cm³/mol. The van der Waals surface area contributed by atoms with Crippen molar-refractivity contribution in [2.75, 3.05) is 0 Å². The molecule has 0 saturated heterocycles. The molecule has 0 aliphatic carbocycles. The quantitative estimate of drug-likeness (QED) is 0.439. The van der Waals surface area contributed by atoms with Crippen LogP contribution >= 0.6 is 22.6 Å². The van der Waals surface area contributed by atoms with Crippen molar-refractivity contribution in [2.45, 2.75) is 39.0 Å². The summed E-state index contributed by atoms with van der Waals surface area (Å²) in [5, 5.41) is 5.23. The Hall–Kier alpha value is -2.62. The average molecular weight is 523 g/mol. The zero-order chi connectivity index (χ0) is 22.1. The number of benzene rings is 2. The number of hydrogen-bond donors (Lipinski definition) is 3. The lowest BCUT2D eigenvalue weighted by molar-refractivity contribution is -0.129. The van der Waals surface area contributed by atoms with Crippen molar-refractivity contribution >= 4 is 40.5 Å². The van der Waals surface area contributed by atoms with Crippen molar-refractivity contribution in [2.24, 2.45) is 11.7 Å². The Bertz CT molecular complexity index is 856. The van der Waals surface area contributed by atoms with Gasteiger partial charge < -0.3 is 21.1 Å². The molecular formula is C22H26IN3O4. The fraction of sp³-hybridized carbons (Fsp3) is 0.318. The Morgan fingerprint density at radius 3 is 2.17 bits per heavy atom. The summed E-state index contributed by atoms with van der Waals surface area (Å²) >= 11 is 2.19. The molecule has 7 nitrogen and oxygen atoms in total. The van der Waals surface area contributed by atoms with Gasteiger partial charge in [-0.15, -0.1) is 0 Å². The molecule has 0 aromatic heterocycles. The highest BCUT2D eigenvalue weighted by Gasteiger charge is 2.28. The molecule has 160 valence electrons. The Kier molecular flexibility index (Phi) is 9.10. The zero-order valence-electron chi connectivity index (χ0n) is 16.9. The van der Waals surface area contributed by atoms with Crippen LogP contribution in [0.15, 0.2) is 54.6 Å². The van der Waals surface area contributed by atoms with Gasteiger partial charge in [-0.1, -0.05) is 56.3 Å². The Morgan fingerprint density at radius 2 is 1.60 bits per heavy atom. The van der Waals surface area contributed by atoms with Gasteiger partial charge in [-0.3, -0.25) is 9.59 Å². The van der Waals surface area contributed by atoms with E-state index in [9.17, 15) is 14.4 Å². The molecular weight excluding hydrogens is 497 g/mol. The van der Waals surface area contributed by atoms with Crippen LogP contribution in [0.25, 0.3) is 0 Å². The van der Waals surface area contributed by atoms with Gasteiger partial charge >= 0.3 is 6.09 Å². The van der Waals surface area contributed by atoms with Crippen molar-refractivity contribution in [3.05, 3.63) is 69.3 Å². The molecule has 2 aromatic rings. The van der Waals surface area contributed by atoms with Crippen LogP contribution in [0.1, 0.15) is 25.0 Å². The van der Waals surface area contributed by atoms with Gasteiger partial charge in [0.15, 0.2) is 0 Å². The van der Waals surface area contributed by atoms with Crippen LogP contribution in [0.5, 0.6) is 0 Å². The fourth-order valence-electron chi connectivity index (χ4n) is 2.77. The molecule has 0 spiro atoms. The lowest BCUT2D eigenvalue weighted by atomic mass is 10.0. The molecule has 2 aromatic carbocycles. The van der Waals surface area contributed by atoms with Gasteiger partial charge in [-0.05, 0) is 51.8 Å². The molecule has 0 radical (unpaired) electrons. The minimum absolute atomic E-state index is 0.0931. The summed E-state index contributed by atoms with van der Waals surface area (Å²) in [6, 6.07) is 15.1. The van der Waals surface area contributed by atoms with Gasteiger partial charge in [0.05, 0.1) is 0 Å². The number of ether oxygens (including phenoxy) is 1. The lowest BCUT2D eigenvalue weighted by Crippen LogP contribution is -2.55. The first-order valence-electron chi connectivity index (χ1n) is 9.57. The first kappa shape index (κ1) is 23.7. The van der Waals surface area contributed by atoms with Gasteiger partial charge in [0.25, 0.3) is 0 Å². The van der Waals surface area contributed by atoms with Crippen LogP contribution in [0.3, 0.4) is 0 Å². The van der Waals surface area contributed by atoms with Gasteiger partial charge in [0.1, 0.15) is 18.7 Å². The second kappa shape index (κ2) is 11.5. The van der Waals surface area contributed by atoms with E-state index in [2.05, 4.69) is 33.2 Å². The Morgan fingerprint density at radius 1 is 0.967 bits per heavy atom. The minimum atomic E-state index is -0.888. The Balaban J connectivity index is 1.97. The van der Waals surface area contributed by atoms with Gasteiger partial charge in [-0.2, -0.15) is 0 Å². The number of primary amides is 1. The fourth-order valence-corrected chi connectivity index (χ4v) is 3.13. The van der Waals surface area contributed by atoms with Crippen LogP contribution < -0.4 is 16.4 Å². The predicted octanol–water partition coefficient (Wildman–Crippen LogP) is 2.75. The average Bonchev–Trinajstić information content (AvgIpc) is 2.71. The van der Waals surface area contributed by atoms with Gasteiger partial charge in [0, 0.05) is 9.99 Å². The topological polar surface area (TPSA) is 111 Å². The van der Waals surface area contributed by atoms with Crippen LogP contribution in [-0.2, 0) is 27.4 Å². The molecule has 30 heavy (non-hydrogen) atoms. The summed E-state index contributed by atoms with van der Waals surface area (Å²) < 4.78 is 6.26. The first-order valence-corrected chi connectivity index (χ1v) is 10.7. The largest absolute Gasteiger partial charge is 0.445 e. The maximum Gasteiger partial charge on any atom is 0.408 e. The second-order valence-corrected chi connectivity index (χ2v) is 8.47. The number of halogens is 1. The molecule has 2 atom stereocenters. The number of nitrogens with one attached hydrogen (secondary N) is 2. The zero-order valence-corrected chi connectivity index (χ0v) is 19.1. The third-order valence-electron chi connectivity index (χ3n) is 4.45. The molecule has 8 heteroatoms. The highest BCUT2D eigenvalue weighted by Crippen LogP contribution is 2.10. The van der Waals surface area contributed by atoms with E-state index < -0.39 is 30.0 Å². The second-order valence-electron chi connectivity index (χ2n) is 7.22. The number of carbonyl (C=O) groups is 3. The highest BCUT2D eigenvalue weighted by molar-refractivity contribution is 14.1. The minimum Gasteiger partial charge on any atom is -0.445 e. The number of hydrogen-bond acceptors (Lipinski definition) is 4. The van der Waals surface area contributed by atoms with Gasteiger partial charge in [0.2, 0.25) is 11.8 Å². The van der Waals surface area contributed by atoms with E-state index in [0.717, 1.165) is 14.7 Å². The summed E-state index contributed by atoms with van der Waals surface area (Å²) in [4.78, 5) is 36.8. The standard InChI is InChI=1S/C22H26IN3O4/c1-14(2)19(26-22(29)30-13-16-6-4-3-5-7-16)21(28)25-18(20(24)27)12-15-8-10-17(23)11-9-15/h3-11,14,18-19H,12-13H2,1-2H3,(H2,24,27)(H,25,28)(H,26,29)/t18-,19+/m0/s1. The smallest absolute Gasteiger partial charge is 0.408 e. The normalized spacial score (nSPS) is 12.7. The number of carbonyl (C=O) groups excluding carboxylic acids is 3. The van der Waals surface area contributed by atoms with Crippen LogP contribution in [0.4, 0.5) is 4.79 Å². The monoisotopic (exact) mass is 523 g/mol. The molecule has 0 bridgehead atoms. The molecule has 4 N–H and O–H groups in total. The van der Waals surface area contributed by atoms with Gasteiger partial charge in [-0.25, -0.2) is 4.79 Å². The lowest BCUT2D eigenvalue weighted by Gasteiger charge is -2.24. The molecule has 0 fully saturated rings. The van der Waals surface area contributed by atoms with Crippen molar-refractivity contribution < 1.29 is 19.1 Å². The van der Waals surface area contributed by atoms with E-state index in [1.165, 1.54) is 0 Å². The van der Waals surface area contributed by atoms with E-state index in [1.807, 2.05) is 54.6 Å². The summed E-state index contributed by atoms with van der Waals surface area (Å²) in [6.07, 6.45) is -0.442. The number of nitrogens with two attached hydrogens (primary N) is 1. The SMILES string of the molecule is CC(C)[C@@H](NC(=O)OCc1ccccc1)C(=O)N[C@@H](Cc1ccc(I)cc1)C(N)=O. The highest BCUT2D eigenvalue weighted by atomic mass is 127. The van der Waals surface area contributed by atoms with Crippen LogP contribution in [0.2, 0.25) is 0 Å².